The van der Waals surface area contributed by atoms with Crippen molar-refractivity contribution in [1.82, 2.24) is 4.90 Å². The van der Waals surface area contributed by atoms with Gasteiger partial charge in [-0.05, 0) is 31.5 Å². The van der Waals surface area contributed by atoms with E-state index in [1.807, 2.05) is 0 Å². The molecule has 0 saturated carbocycles. The average Bonchev–Trinajstić information content (AvgIpc) is 2.35. The number of aliphatic hydroxyl groups is 1. The number of carbonyl (C=O) groups is 1. The molecule has 1 aromatic carbocycles. The van der Waals surface area contributed by atoms with E-state index in [9.17, 15) is 9.90 Å². The summed E-state index contributed by atoms with van der Waals surface area (Å²) >= 11 is 5.96. The summed E-state index contributed by atoms with van der Waals surface area (Å²) < 4.78 is 0. The first kappa shape index (κ1) is 15.8. The predicted octanol–water partition coefficient (Wildman–Crippen LogP) is 2.61. The number of likely N-dealkylation sites (N-methyl/N-ethyl adjacent to an activating group) is 1. The molecule has 0 spiro atoms. The fourth-order valence-corrected chi connectivity index (χ4v) is 1.96. The van der Waals surface area contributed by atoms with Crippen LogP contribution in [0, 0.1) is 0 Å². The largest absolute Gasteiger partial charge is 0.392 e. The highest BCUT2D eigenvalue weighted by atomic mass is 35.5. The molecule has 0 aromatic heterocycles. The van der Waals surface area contributed by atoms with Gasteiger partial charge in [-0.2, -0.15) is 0 Å². The van der Waals surface area contributed by atoms with Crippen LogP contribution >= 0.6 is 11.6 Å². The number of rotatable bonds is 6. The van der Waals surface area contributed by atoms with Crippen molar-refractivity contribution in [2.24, 2.45) is 0 Å². The van der Waals surface area contributed by atoms with Crippen molar-refractivity contribution in [3.8, 4) is 0 Å². The molecule has 0 aliphatic rings. The van der Waals surface area contributed by atoms with Crippen molar-refractivity contribution in [2.75, 3.05) is 25.5 Å². The Morgan fingerprint density at radius 1 is 1.53 bits per heavy atom. The maximum Gasteiger partial charge on any atom is 0.255 e. The minimum atomic E-state index is -0.555. The van der Waals surface area contributed by atoms with Crippen LogP contribution in [0.4, 0.5) is 5.69 Å². The fourth-order valence-electron chi connectivity index (χ4n) is 1.79. The number of amides is 1. The van der Waals surface area contributed by atoms with Gasteiger partial charge in [-0.3, -0.25) is 4.79 Å². The van der Waals surface area contributed by atoms with Crippen LogP contribution in [0.2, 0.25) is 5.02 Å². The third-order valence-electron chi connectivity index (χ3n) is 2.66. The molecule has 1 atom stereocenters. The Morgan fingerprint density at radius 3 is 2.79 bits per heavy atom. The molecule has 5 heteroatoms. The highest BCUT2D eigenvalue weighted by Crippen LogP contribution is 2.22. The van der Waals surface area contributed by atoms with Gasteiger partial charge in [-0.1, -0.05) is 18.5 Å². The number of hydrogen-bond donors (Lipinski definition) is 2. The summed E-state index contributed by atoms with van der Waals surface area (Å²) in [6.45, 7) is 4.79. The van der Waals surface area contributed by atoms with E-state index in [1.54, 1.807) is 32.2 Å². The molecule has 1 aromatic rings. The molecule has 0 radical (unpaired) electrons. The van der Waals surface area contributed by atoms with Crippen LogP contribution in [-0.2, 0) is 0 Å². The van der Waals surface area contributed by atoms with Crippen LogP contribution < -0.4 is 5.32 Å². The Bertz CT molecular complexity index is 435. The first-order valence-corrected chi connectivity index (χ1v) is 6.80. The van der Waals surface area contributed by atoms with Crippen LogP contribution in [0.25, 0.3) is 0 Å². The maximum absolute atomic E-state index is 12.3. The molecular weight excluding hydrogens is 264 g/mol. The third kappa shape index (κ3) is 4.73. The summed E-state index contributed by atoms with van der Waals surface area (Å²) in [7, 11) is 1.67. The van der Waals surface area contributed by atoms with Gasteiger partial charge >= 0.3 is 0 Å². The lowest BCUT2D eigenvalue weighted by Gasteiger charge is -2.21. The Morgan fingerprint density at radius 2 is 2.21 bits per heavy atom. The van der Waals surface area contributed by atoms with E-state index in [4.69, 9.17) is 11.6 Å². The summed E-state index contributed by atoms with van der Waals surface area (Å²) in [6, 6.07) is 5.22. The Hall–Kier alpha value is -1.26. The minimum Gasteiger partial charge on any atom is -0.392 e. The number of nitrogens with zero attached hydrogens (tertiary/aromatic N) is 1. The second kappa shape index (κ2) is 7.36. The van der Waals surface area contributed by atoms with Gasteiger partial charge in [0.2, 0.25) is 0 Å². The van der Waals surface area contributed by atoms with Crippen LogP contribution in [-0.4, -0.2) is 42.2 Å². The van der Waals surface area contributed by atoms with Gasteiger partial charge < -0.3 is 15.3 Å². The fraction of sp³-hybridized carbons (Fsp3) is 0.500. The Balaban J connectivity index is 2.95. The smallest absolute Gasteiger partial charge is 0.255 e. The molecule has 106 valence electrons. The van der Waals surface area contributed by atoms with E-state index in [-0.39, 0.29) is 5.91 Å². The molecule has 0 aliphatic heterocycles. The predicted molar refractivity (Wildman–Crippen MR) is 78.9 cm³/mol. The Labute approximate surface area is 119 Å². The standard InChI is InChI=1S/C14H21ClN2O2/c1-4-7-16-13-6-5-11(15)8-12(13)14(19)17(3)9-10(2)18/h5-6,8,10,16,18H,4,7,9H2,1-3H3. The average molecular weight is 285 g/mol. The monoisotopic (exact) mass is 284 g/mol. The number of carbonyl (C=O) groups excluding carboxylic acids is 1. The van der Waals surface area contributed by atoms with Crippen LogP contribution in [0.3, 0.4) is 0 Å². The van der Waals surface area contributed by atoms with Crippen molar-refractivity contribution in [3.05, 3.63) is 28.8 Å². The summed E-state index contributed by atoms with van der Waals surface area (Å²) in [5.41, 5.74) is 1.30. The van der Waals surface area contributed by atoms with Crippen molar-refractivity contribution in [3.63, 3.8) is 0 Å². The molecule has 1 amide bonds. The first-order chi connectivity index (χ1) is 8.95. The maximum atomic E-state index is 12.3. The van der Waals surface area contributed by atoms with Crippen LogP contribution in [0.1, 0.15) is 30.6 Å². The minimum absolute atomic E-state index is 0.151. The first-order valence-electron chi connectivity index (χ1n) is 6.42. The topological polar surface area (TPSA) is 52.6 Å². The quantitative estimate of drug-likeness (QED) is 0.844. The molecule has 4 nitrogen and oxygen atoms in total. The van der Waals surface area contributed by atoms with Crippen molar-refractivity contribution < 1.29 is 9.90 Å². The van der Waals surface area contributed by atoms with Gasteiger partial charge in [0.05, 0.1) is 11.7 Å². The number of halogens is 1. The number of hydrogen-bond acceptors (Lipinski definition) is 3. The van der Waals surface area contributed by atoms with Gasteiger partial charge in [0.1, 0.15) is 0 Å². The molecular formula is C14H21ClN2O2. The number of aliphatic hydroxyl groups excluding tert-OH is 1. The second-order valence-electron chi connectivity index (χ2n) is 4.65. The highest BCUT2D eigenvalue weighted by Gasteiger charge is 2.17. The zero-order valence-corrected chi connectivity index (χ0v) is 12.4. The second-order valence-corrected chi connectivity index (χ2v) is 5.09. The van der Waals surface area contributed by atoms with Gasteiger partial charge in [0.15, 0.2) is 0 Å². The van der Waals surface area contributed by atoms with E-state index < -0.39 is 6.10 Å². The van der Waals surface area contributed by atoms with Gasteiger partial charge in [0.25, 0.3) is 5.91 Å². The van der Waals surface area contributed by atoms with Gasteiger partial charge in [0, 0.05) is 30.8 Å². The Kier molecular flexibility index (Phi) is 6.12. The number of anilines is 1. The zero-order valence-electron chi connectivity index (χ0n) is 11.6. The molecule has 1 rings (SSSR count). The van der Waals surface area contributed by atoms with Crippen LogP contribution in [0.15, 0.2) is 18.2 Å². The molecule has 2 N–H and O–H groups in total. The lowest BCUT2D eigenvalue weighted by molar-refractivity contribution is 0.0704. The summed E-state index contributed by atoms with van der Waals surface area (Å²) in [5.74, 6) is -0.151. The van der Waals surface area contributed by atoms with E-state index in [0.29, 0.717) is 17.1 Å². The van der Waals surface area contributed by atoms with Crippen molar-refractivity contribution in [1.29, 1.82) is 0 Å². The van der Waals surface area contributed by atoms with Crippen LogP contribution in [0.5, 0.6) is 0 Å². The summed E-state index contributed by atoms with van der Waals surface area (Å²) in [5, 5.41) is 13.1. The molecule has 1 unspecified atom stereocenters. The lowest BCUT2D eigenvalue weighted by atomic mass is 10.1. The molecule has 0 heterocycles. The zero-order chi connectivity index (χ0) is 14.4. The van der Waals surface area contributed by atoms with E-state index in [1.165, 1.54) is 4.90 Å². The van der Waals surface area contributed by atoms with E-state index >= 15 is 0 Å². The molecule has 19 heavy (non-hydrogen) atoms. The molecule has 0 aliphatic carbocycles. The van der Waals surface area contributed by atoms with E-state index in [2.05, 4.69) is 12.2 Å². The number of nitrogens with one attached hydrogen (secondary N) is 1. The normalized spacial score (nSPS) is 12.1. The highest BCUT2D eigenvalue weighted by molar-refractivity contribution is 6.31. The molecule has 0 bridgehead atoms. The van der Waals surface area contributed by atoms with Gasteiger partial charge in [-0.15, -0.1) is 0 Å². The SMILES string of the molecule is CCCNc1ccc(Cl)cc1C(=O)N(C)CC(C)O. The van der Waals surface area contributed by atoms with E-state index in [0.717, 1.165) is 18.7 Å². The molecule has 0 fully saturated rings. The van der Waals surface area contributed by atoms with Crippen molar-refractivity contribution in [2.45, 2.75) is 26.4 Å². The van der Waals surface area contributed by atoms with Crippen molar-refractivity contribution >= 4 is 23.2 Å². The molecule has 0 saturated heterocycles. The number of benzene rings is 1. The summed E-state index contributed by atoms with van der Waals surface area (Å²) in [6.07, 6.45) is 0.417. The lowest BCUT2D eigenvalue weighted by Crippen LogP contribution is -2.33. The van der Waals surface area contributed by atoms with Gasteiger partial charge in [-0.25, -0.2) is 0 Å². The summed E-state index contributed by atoms with van der Waals surface area (Å²) in [4.78, 5) is 13.8. The third-order valence-corrected chi connectivity index (χ3v) is 2.90.